The molecule has 2 rings (SSSR count). The summed E-state index contributed by atoms with van der Waals surface area (Å²) >= 11 is 3.43. The lowest BCUT2D eigenvalue weighted by Crippen LogP contribution is -2.18. The third-order valence-corrected chi connectivity index (χ3v) is 4.36. The molecule has 144 valence electrons. The van der Waals surface area contributed by atoms with Crippen molar-refractivity contribution < 1.29 is 19.4 Å². The second kappa shape index (κ2) is 10.7. The Labute approximate surface area is 167 Å². The van der Waals surface area contributed by atoms with Crippen molar-refractivity contribution in [2.24, 2.45) is 5.10 Å². The Morgan fingerprint density at radius 1 is 1.33 bits per heavy atom. The van der Waals surface area contributed by atoms with Crippen molar-refractivity contribution in [3.8, 4) is 11.5 Å². The molecule has 6 nitrogen and oxygen atoms in total. The lowest BCUT2D eigenvalue weighted by molar-refractivity contribution is -0.121. The highest BCUT2D eigenvalue weighted by Gasteiger charge is 2.11. The largest absolute Gasteiger partial charge is 0.492 e. The normalized spacial score (nSPS) is 12.0. The first-order valence-corrected chi connectivity index (χ1v) is 9.39. The summed E-state index contributed by atoms with van der Waals surface area (Å²) in [4.78, 5) is 11.9. The average Bonchev–Trinajstić information content (AvgIpc) is 2.67. The van der Waals surface area contributed by atoms with Crippen molar-refractivity contribution in [1.29, 1.82) is 0 Å². The van der Waals surface area contributed by atoms with Crippen LogP contribution in [0.2, 0.25) is 0 Å². The minimum atomic E-state index is -0.674. The van der Waals surface area contributed by atoms with Crippen LogP contribution in [-0.4, -0.2) is 30.9 Å². The molecular weight excluding hydrogens is 412 g/mol. The van der Waals surface area contributed by atoms with Gasteiger partial charge in [0.1, 0.15) is 0 Å². The Balaban J connectivity index is 1.90. The zero-order valence-electron chi connectivity index (χ0n) is 15.3. The number of rotatable bonds is 9. The van der Waals surface area contributed by atoms with Crippen LogP contribution in [0.15, 0.2) is 52.0 Å². The standard InChI is InChI=1S/C20H23BrN2O4/c1-3-27-18-12-14(11-16(21)20(18)26-2)13-22-23-19(25)10-9-17(24)15-7-5-4-6-8-15/h4-8,11-13,17,24H,3,9-10H2,1-2H3,(H,23,25)/b22-13-/t17-/m1/s1. The molecule has 0 heterocycles. The molecule has 0 aliphatic heterocycles. The van der Waals surface area contributed by atoms with Gasteiger partial charge in [0.15, 0.2) is 11.5 Å². The van der Waals surface area contributed by atoms with Gasteiger partial charge in [-0.05, 0) is 52.5 Å². The molecule has 0 saturated carbocycles. The van der Waals surface area contributed by atoms with Crippen LogP contribution in [0, 0.1) is 0 Å². The minimum Gasteiger partial charge on any atom is -0.492 e. The molecule has 1 amide bonds. The van der Waals surface area contributed by atoms with Crippen LogP contribution >= 0.6 is 15.9 Å². The van der Waals surface area contributed by atoms with E-state index in [1.165, 1.54) is 6.21 Å². The number of benzene rings is 2. The van der Waals surface area contributed by atoms with Gasteiger partial charge in [-0.25, -0.2) is 5.43 Å². The number of carbonyl (C=O) groups excluding carboxylic acids is 1. The highest BCUT2D eigenvalue weighted by atomic mass is 79.9. The molecule has 0 radical (unpaired) electrons. The molecule has 0 fully saturated rings. The predicted octanol–water partition coefficient (Wildman–Crippen LogP) is 3.82. The monoisotopic (exact) mass is 434 g/mol. The van der Waals surface area contributed by atoms with Crippen LogP contribution in [0.3, 0.4) is 0 Å². The molecule has 0 aromatic heterocycles. The van der Waals surface area contributed by atoms with Crippen molar-refractivity contribution >= 4 is 28.1 Å². The van der Waals surface area contributed by atoms with Gasteiger partial charge in [0, 0.05) is 6.42 Å². The second-order valence-electron chi connectivity index (χ2n) is 5.73. The van der Waals surface area contributed by atoms with Crippen molar-refractivity contribution in [2.45, 2.75) is 25.9 Å². The number of aliphatic hydroxyl groups is 1. The Hall–Kier alpha value is -2.38. The van der Waals surface area contributed by atoms with Crippen LogP contribution in [-0.2, 0) is 4.79 Å². The van der Waals surface area contributed by atoms with Gasteiger partial charge in [-0.3, -0.25) is 4.79 Å². The van der Waals surface area contributed by atoms with Gasteiger partial charge in [0.05, 0.1) is 30.5 Å². The van der Waals surface area contributed by atoms with Gasteiger partial charge >= 0.3 is 0 Å². The SMILES string of the molecule is CCOc1cc(/C=N\NC(=O)CC[C@@H](O)c2ccccc2)cc(Br)c1OC. The molecule has 0 bridgehead atoms. The smallest absolute Gasteiger partial charge is 0.240 e. The number of aliphatic hydroxyl groups excluding tert-OH is 1. The Morgan fingerprint density at radius 3 is 2.74 bits per heavy atom. The molecule has 27 heavy (non-hydrogen) atoms. The maximum atomic E-state index is 11.9. The van der Waals surface area contributed by atoms with Gasteiger partial charge < -0.3 is 14.6 Å². The number of amides is 1. The zero-order chi connectivity index (χ0) is 19.6. The second-order valence-corrected chi connectivity index (χ2v) is 6.58. The van der Waals surface area contributed by atoms with E-state index in [1.54, 1.807) is 13.2 Å². The molecule has 0 unspecified atom stereocenters. The molecule has 1 atom stereocenters. The number of halogens is 1. The lowest BCUT2D eigenvalue weighted by Gasteiger charge is -2.12. The van der Waals surface area contributed by atoms with Crippen molar-refractivity contribution in [2.75, 3.05) is 13.7 Å². The van der Waals surface area contributed by atoms with Crippen molar-refractivity contribution in [3.63, 3.8) is 0 Å². The van der Waals surface area contributed by atoms with Crippen molar-refractivity contribution in [1.82, 2.24) is 5.43 Å². The summed E-state index contributed by atoms with van der Waals surface area (Å²) < 4.78 is 11.6. The van der Waals surface area contributed by atoms with Gasteiger partial charge in [-0.2, -0.15) is 5.10 Å². The first kappa shape index (κ1) is 20.9. The third kappa shape index (κ3) is 6.37. The van der Waals surface area contributed by atoms with Gasteiger partial charge in [0.25, 0.3) is 0 Å². The van der Waals surface area contributed by atoms with Gasteiger partial charge in [0.2, 0.25) is 5.91 Å². The van der Waals surface area contributed by atoms with E-state index in [0.717, 1.165) is 15.6 Å². The number of ether oxygens (including phenoxy) is 2. The Kier molecular flexibility index (Phi) is 8.29. The first-order chi connectivity index (χ1) is 13.0. The minimum absolute atomic E-state index is 0.171. The molecule has 2 aromatic carbocycles. The van der Waals surface area contributed by atoms with E-state index >= 15 is 0 Å². The maximum absolute atomic E-state index is 11.9. The molecule has 0 aliphatic rings. The van der Waals surface area contributed by atoms with Gasteiger partial charge in [-0.1, -0.05) is 30.3 Å². The zero-order valence-corrected chi connectivity index (χ0v) is 16.9. The number of methoxy groups -OCH3 is 1. The van der Waals surface area contributed by atoms with Crippen LogP contribution in [0.4, 0.5) is 0 Å². The molecule has 0 spiro atoms. The van der Waals surface area contributed by atoms with E-state index in [-0.39, 0.29) is 12.3 Å². The Bertz CT molecular complexity index is 781. The van der Waals surface area contributed by atoms with Crippen molar-refractivity contribution in [3.05, 3.63) is 58.1 Å². The van der Waals surface area contributed by atoms with E-state index < -0.39 is 6.10 Å². The lowest BCUT2D eigenvalue weighted by atomic mass is 10.1. The fourth-order valence-electron chi connectivity index (χ4n) is 2.47. The maximum Gasteiger partial charge on any atom is 0.240 e. The summed E-state index contributed by atoms with van der Waals surface area (Å²) in [6, 6.07) is 12.8. The van der Waals surface area contributed by atoms with E-state index in [1.807, 2.05) is 43.3 Å². The number of nitrogens with zero attached hydrogens (tertiary/aromatic N) is 1. The third-order valence-electron chi connectivity index (χ3n) is 3.77. The van der Waals surface area contributed by atoms with Crippen LogP contribution in [0.5, 0.6) is 11.5 Å². The first-order valence-electron chi connectivity index (χ1n) is 8.60. The number of hydrazone groups is 1. The molecule has 2 aromatic rings. The molecule has 0 aliphatic carbocycles. The van der Waals surface area contributed by atoms with Crippen LogP contribution < -0.4 is 14.9 Å². The molecular formula is C20H23BrN2O4. The quantitative estimate of drug-likeness (QED) is 0.464. The number of nitrogens with one attached hydrogen (secondary N) is 1. The summed E-state index contributed by atoms with van der Waals surface area (Å²) in [5.41, 5.74) is 4.01. The van der Waals surface area contributed by atoms with E-state index in [0.29, 0.717) is 24.5 Å². The summed E-state index contributed by atoms with van der Waals surface area (Å²) in [6.07, 6.45) is 1.35. The summed E-state index contributed by atoms with van der Waals surface area (Å²) in [5, 5.41) is 14.1. The van der Waals surface area contributed by atoms with E-state index in [4.69, 9.17) is 9.47 Å². The van der Waals surface area contributed by atoms with Crippen LogP contribution in [0.25, 0.3) is 0 Å². The fraction of sp³-hybridized carbons (Fsp3) is 0.300. The van der Waals surface area contributed by atoms with E-state index in [9.17, 15) is 9.90 Å². The fourth-order valence-corrected chi connectivity index (χ4v) is 3.09. The summed E-state index contributed by atoms with van der Waals surface area (Å²) in [5.74, 6) is 0.930. The molecule has 0 saturated heterocycles. The number of hydrogen-bond acceptors (Lipinski definition) is 5. The van der Waals surface area contributed by atoms with Gasteiger partial charge in [-0.15, -0.1) is 0 Å². The average molecular weight is 435 g/mol. The number of carbonyl (C=O) groups is 1. The molecule has 7 heteroatoms. The van der Waals surface area contributed by atoms with E-state index in [2.05, 4.69) is 26.5 Å². The summed E-state index contributed by atoms with van der Waals surface area (Å²) in [7, 11) is 1.57. The van der Waals surface area contributed by atoms with Crippen LogP contribution in [0.1, 0.15) is 37.0 Å². The number of hydrogen-bond donors (Lipinski definition) is 2. The highest BCUT2D eigenvalue weighted by molar-refractivity contribution is 9.10. The highest BCUT2D eigenvalue weighted by Crippen LogP contribution is 2.36. The molecule has 2 N–H and O–H groups in total. The Morgan fingerprint density at radius 2 is 2.07 bits per heavy atom. The topological polar surface area (TPSA) is 80.2 Å². The summed E-state index contributed by atoms with van der Waals surface area (Å²) in [6.45, 7) is 2.39. The predicted molar refractivity (Wildman–Crippen MR) is 108 cm³/mol.